The summed E-state index contributed by atoms with van der Waals surface area (Å²) in [7, 11) is -1.81. The Morgan fingerprint density at radius 3 is 1.74 bits per heavy atom. The van der Waals surface area contributed by atoms with E-state index in [0.29, 0.717) is 0 Å². The monoisotopic (exact) mass is 500 g/mol. The maximum atomic E-state index is 6.48. The van der Waals surface area contributed by atoms with Crippen LogP contribution in [0.3, 0.4) is 0 Å². The Bertz CT molecular complexity index is 434. The normalized spacial score (nSPS) is 14.5. The van der Waals surface area contributed by atoms with Crippen molar-refractivity contribution in [3.05, 3.63) is 10.2 Å². The van der Waals surface area contributed by atoms with Crippen molar-refractivity contribution in [2.24, 2.45) is 0 Å². The van der Waals surface area contributed by atoms with Gasteiger partial charge >= 0.3 is 178 Å². The van der Waals surface area contributed by atoms with Crippen LogP contribution in [0.25, 0.3) is 0 Å². The van der Waals surface area contributed by atoms with Crippen LogP contribution in [0.2, 0.25) is 31.4 Å². The molecule has 0 aliphatic rings. The molecule has 0 N–H and O–H groups in total. The van der Waals surface area contributed by atoms with Crippen LogP contribution in [0.1, 0.15) is 86.5 Å². The van der Waals surface area contributed by atoms with Crippen molar-refractivity contribution in [3.8, 4) is 12.3 Å². The third-order valence-corrected chi connectivity index (χ3v) is 25.1. The van der Waals surface area contributed by atoms with Gasteiger partial charge in [0.05, 0.1) is 0 Å². The fraction of sp³-hybridized carbons (Fsp3) is 0.833. The molecule has 0 spiro atoms. The van der Waals surface area contributed by atoms with Gasteiger partial charge < -0.3 is 0 Å². The molecule has 27 heavy (non-hydrogen) atoms. The van der Waals surface area contributed by atoms with Gasteiger partial charge in [-0.1, -0.05) is 0 Å². The van der Waals surface area contributed by atoms with E-state index in [1.807, 2.05) is 0 Å². The van der Waals surface area contributed by atoms with Crippen molar-refractivity contribution in [1.29, 1.82) is 0 Å². The number of rotatable bonds is 14. The van der Waals surface area contributed by atoms with Crippen LogP contribution in [-0.2, 0) is 4.43 Å². The van der Waals surface area contributed by atoms with Gasteiger partial charge in [0.2, 0.25) is 0 Å². The van der Waals surface area contributed by atoms with E-state index >= 15 is 0 Å². The molecule has 0 rings (SSSR count). The fourth-order valence-electron chi connectivity index (χ4n) is 3.34. The van der Waals surface area contributed by atoms with Crippen LogP contribution in [0.15, 0.2) is 10.2 Å². The Balaban J connectivity index is 5.20. The predicted molar refractivity (Wildman–Crippen MR) is 130 cm³/mol. The molecular weight excluding hydrogens is 451 g/mol. The van der Waals surface area contributed by atoms with Crippen molar-refractivity contribution in [3.63, 3.8) is 0 Å². The summed E-state index contributed by atoms with van der Waals surface area (Å²) in [5.74, 6) is 2.93. The molecule has 1 atom stereocenters. The molecular formula is C24H48OSiSn. The first-order chi connectivity index (χ1) is 12.6. The van der Waals surface area contributed by atoms with E-state index in [0.717, 1.165) is 6.42 Å². The summed E-state index contributed by atoms with van der Waals surface area (Å²) >= 11 is -2.19. The van der Waals surface area contributed by atoms with Gasteiger partial charge in [-0.2, -0.15) is 0 Å². The van der Waals surface area contributed by atoms with Gasteiger partial charge in [0, 0.05) is 0 Å². The molecule has 0 bridgehead atoms. The topological polar surface area (TPSA) is 9.23 Å². The Kier molecular flexibility index (Phi) is 13.6. The van der Waals surface area contributed by atoms with Gasteiger partial charge in [-0.3, -0.25) is 0 Å². The van der Waals surface area contributed by atoms with Gasteiger partial charge in [0.1, 0.15) is 0 Å². The summed E-state index contributed by atoms with van der Waals surface area (Å²) in [5, 5.41) is 0.207. The number of hydrogen-bond acceptors (Lipinski definition) is 1. The first-order valence-corrected chi connectivity index (χ1v) is 22.0. The molecule has 0 aromatic rings. The minimum atomic E-state index is -2.19. The van der Waals surface area contributed by atoms with Crippen molar-refractivity contribution in [2.75, 3.05) is 0 Å². The number of unbranched alkanes of at least 4 members (excludes halogenated alkanes) is 3. The van der Waals surface area contributed by atoms with Crippen LogP contribution < -0.4 is 0 Å². The van der Waals surface area contributed by atoms with Crippen molar-refractivity contribution < 1.29 is 4.43 Å². The van der Waals surface area contributed by atoms with Crippen LogP contribution in [0.5, 0.6) is 0 Å². The van der Waals surface area contributed by atoms with Crippen molar-refractivity contribution in [1.82, 2.24) is 0 Å². The quantitative estimate of drug-likeness (QED) is 0.172. The standard InChI is InChI=1S/C12H21OSi.3C4H9.Sn/c1-8-10-11(9-2)13-14(6,7)12(3,4)5;3*1-3-4-2;/h1-2,8,11H,10H2,3-7H3;3*1,3-4H2,2H3;/t11-;;;;/m1..../s1. The second-order valence-electron chi connectivity index (χ2n) is 9.84. The molecule has 0 amide bonds. The first-order valence-electron chi connectivity index (χ1n) is 11.4. The summed E-state index contributed by atoms with van der Waals surface area (Å²) < 4.78 is 13.8. The molecule has 1 nitrogen and oxygen atoms in total. The average molecular weight is 499 g/mol. The predicted octanol–water partition coefficient (Wildman–Crippen LogP) is 8.34. The van der Waals surface area contributed by atoms with Crippen LogP contribution >= 0.6 is 0 Å². The summed E-state index contributed by atoms with van der Waals surface area (Å²) in [5.41, 5.74) is 0. The van der Waals surface area contributed by atoms with Crippen LogP contribution in [0.4, 0.5) is 0 Å². The third-order valence-electron chi connectivity index (χ3n) is 6.34. The van der Waals surface area contributed by atoms with E-state index < -0.39 is 26.7 Å². The van der Waals surface area contributed by atoms with Crippen molar-refractivity contribution in [2.45, 2.75) is 124 Å². The van der Waals surface area contributed by atoms with E-state index in [9.17, 15) is 0 Å². The molecule has 0 radical (unpaired) electrons. The molecule has 158 valence electrons. The SMILES string of the molecule is C#C[C@H](C/C=[CH]/[Sn]([CH2]CCC)([CH2]CCC)[CH2]CCC)O[Si](C)(C)C(C)(C)C. The zero-order valence-corrected chi connectivity index (χ0v) is 23.6. The van der Waals surface area contributed by atoms with Crippen LogP contribution in [-0.4, -0.2) is 32.8 Å². The second-order valence-corrected chi connectivity index (χ2v) is 27.6. The van der Waals surface area contributed by atoms with E-state index in [2.05, 4.69) is 70.7 Å². The molecule has 0 aliphatic heterocycles. The van der Waals surface area contributed by atoms with Gasteiger partial charge in [0.25, 0.3) is 0 Å². The van der Waals surface area contributed by atoms with E-state index in [1.165, 1.54) is 51.8 Å². The first kappa shape index (κ1) is 27.3. The van der Waals surface area contributed by atoms with Gasteiger partial charge in [-0.05, 0) is 0 Å². The van der Waals surface area contributed by atoms with E-state index in [1.54, 1.807) is 0 Å². The Labute approximate surface area is 177 Å². The number of hydrogen-bond donors (Lipinski definition) is 0. The molecule has 0 aliphatic carbocycles. The molecule has 0 saturated heterocycles. The number of terminal acetylenes is 1. The van der Waals surface area contributed by atoms with Crippen molar-refractivity contribution >= 4 is 26.7 Å². The van der Waals surface area contributed by atoms with Crippen LogP contribution in [0, 0.1) is 12.3 Å². The zero-order valence-electron chi connectivity index (χ0n) is 19.8. The molecule has 0 heterocycles. The molecule has 0 unspecified atom stereocenters. The molecule has 0 fully saturated rings. The third kappa shape index (κ3) is 10.6. The summed E-state index contributed by atoms with van der Waals surface area (Å²) in [6, 6.07) is 0. The van der Waals surface area contributed by atoms with Gasteiger partial charge in [0.15, 0.2) is 0 Å². The molecule has 0 aromatic heterocycles. The van der Waals surface area contributed by atoms with E-state index in [-0.39, 0.29) is 11.1 Å². The Morgan fingerprint density at radius 1 is 0.963 bits per heavy atom. The molecule has 0 saturated carbocycles. The Hall–Kier alpha value is 0.276. The summed E-state index contributed by atoms with van der Waals surface area (Å²) in [6.45, 7) is 18.5. The fourth-order valence-corrected chi connectivity index (χ4v) is 19.0. The summed E-state index contributed by atoms with van der Waals surface area (Å²) in [6.07, 6.45) is 17.3. The van der Waals surface area contributed by atoms with Gasteiger partial charge in [-0.25, -0.2) is 0 Å². The average Bonchev–Trinajstić information content (AvgIpc) is 2.60. The van der Waals surface area contributed by atoms with Gasteiger partial charge in [-0.15, -0.1) is 0 Å². The second kappa shape index (κ2) is 13.5. The Morgan fingerprint density at radius 2 is 1.41 bits per heavy atom. The molecule has 0 aromatic carbocycles. The molecule has 3 heteroatoms. The minimum absolute atomic E-state index is 0.0605. The summed E-state index contributed by atoms with van der Waals surface area (Å²) in [4.78, 5) is 0. The maximum absolute atomic E-state index is 6.48. The zero-order chi connectivity index (χ0) is 21.0. The van der Waals surface area contributed by atoms with E-state index in [4.69, 9.17) is 10.8 Å².